The Labute approximate surface area is 166 Å². The van der Waals surface area contributed by atoms with Crippen molar-refractivity contribution in [2.45, 2.75) is 46.2 Å². The van der Waals surface area contributed by atoms with E-state index in [4.69, 9.17) is 0 Å². The van der Waals surface area contributed by atoms with Gasteiger partial charge in [0.25, 0.3) is 11.5 Å². The number of fused-ring (bicyclic) bond motifs is 1. The van der Waals surface area contributed by atoms with Crippen LogP contribution in [-0.2, 0) is 6.54 Å². The van der Waals surface area contributed by atoms with Crippen LogP contribution >= 0.6 is 0 Å². The van der Waals surface area contributed by atoms with Crippen molar-refractivity contribution in [3.05, 3.63) is 40.4 Å². The molecule has 9 nitrogen and oxygen atoms in total. The maximum absolute atomic E-state index is 13.2. The Morgan fingerprint density at radius 3 is 2.66 bits per heavy atom. The molecule has 0 spiro atoms. The zero-order valence-corrected chi connectivity index (χ0v) is 16.5. The number of carbonyl (C=O) groups excluding carboxylic acids is 1. The predicted octanol–water partition coefficient (Wildman–Crippen LogP) is 1.91. The van der Waals surface area contributed by atoms with Crippen LogP contribution in [-0.4, -0.2) is 41.3 Å². The van der Waals surface area contributed by atoms with E-state index in [1.807, 2.05) is 20.8 Å². The quantitative estimate of drug-likeness (QED) is 0.618. The molecule has 1 aliphatic carbocycles. The lowest BCUT2D eigenvalue weighted by molar-refractivity contribution is 0.0944. The molecular formula is C20H23N5O4. The summed E-state index contributed by atoms with van der Waals surface area (Å²) >= 11 is 0. The molecule has 0 radical (unpaired) electrons. The second kappa shape index (κ2) is 6.61. The first-order chi connectivity index (χ1) is 13.7. The van der Waals surface area contributed by atoms with Gasteiger partial charge in [0.15, 0.2) is 5.56 Å². The Morgan fingerprint density at radius 1 is 1.31 bits per heavy atom. The number of nitrogens with one attached hydrogen (secondary N) is 1. The van der Waals surface area contributed by atoms with Gasteiger partial charge in [-0.1, -0.05) is 20.8 Å². The second-order valence-electron chi connectivity index (χ2n) is 8.59. The first kappa shape index (κ1) is 19.0. The van der Waals surface area contributed by atoms with Crippen LogP contribution in [0, 0.1) is 5.41 Å². The van der Waals surface area contributed by atoms with Crippen molar-refractivity contribution in [1.82, 2.24) is 24.5 Å². The summed E-state index contributed by atoms with van der Waals surface area (Å²) in [5.74, 6) is -1.16. The lowest BCUT2D eigenvalue weighted by atomic mass is 9.97. The van der Waals surface area contributed by atoms with Crippen molar-refractivity contribution in [2.24, 2.45) is 5.41 Å². The number of aromatic hydroxyl groups is 2. The molecule has 4 rings (SSSR count). The minimum Gasteiger partial charge on any atom is -0.507 e. The summed E-state index contributed by atoms with van der Waals surface area (Å²) in [6.07, 6.45) is 4.61. The van der Waals surface area contributed by atoms with Gasteiger partial charge in [0.05, 0.1) is 5.56 Å². The average molecular weight is 397 g/mol. The van der Waals surface area contributed by atoms with Gasteiger partial charge < -0.3 is 15.5 Å². The van der Waals surface area contributed by atoms with E-state index in [1.54, 1.807) is 6.07 Å². The van der Waals surface area contributed by atoms with Crippen molar-refractivity contribution in [3.8, 4) is 22.9 Å². The molecule has 3 heterocycles. The van der Waals surface area contributed by atoms with Gasteiger partial charge in [-0.05, 0) is 24.3 Å². The molecule has 0 saturated heterocycles. The number of amides is 1. The Morgan fingerprint density at radius 2 is 2.03 bits per heavy atom. The van der Waals surface area contributed by atoms with E-state index in [-0.39, 0.29) is 22.8 Å². The number of carbonyl (C=O) groups is 1. The number of hydrogen-bond acceptors (Lipinski definition) is 6. The number of nitrogens with zero attached hydrogens (tertiary/aromatic N) is 4. The molecule has 3 aromatic heterocycles. The lowest BCUT2D eigenvalue weighted by Gasteiger charge is -2.21. The van der Waals surface area contributed by atoms with Crippen molar-refractivity contribution in [2.75, 3.05) is 0 Å². The summed E-state index contributed by atoms with van der Waals surface area (Å²) in [5.41, 5.74) is -0.179. The van der Waals surface area contributed by atoms with Crippen LogP contribution < -0.4 is 10.9 Å². The smallest absolute Gasteiger partial charge is 0.270 e. The molecule has 0 atom stereocenters. The summed E-state index contributed by atoms with van der Waals surface area (Å²) in [7, 11) is 0. The predicted molar refractivity (Wildman–Crippen MR) is 106 cm³/mol. The molecule has 1 fully saturated rings. The van der Waals surface area contributed by atoms with Crippen LogP contribution in [0.25, 0.3) is 16.9 Å². The SMILES string of the molecule is CC(C)(C)Cn1c(=O)c(C(=O)NC2CC2)c(O)n2nc(-c3cnccc3O)cc12. The van der Waals surface area contributed by atoms with Crippen LogP contribution in [0.5, 0.6) is 11.6 Å². The summed E-state index contributed by atoms with van der Waals surface area (Å²) in [4.78, 5) is 29.8. The standard InChI is InChI=1S/C20H23N5O4/c1-20(2,3)10-24-15-8-13(12-9-21-7-6-14(12)26)23-25(15)19(29)16(18(24)28)17(27)22-11-4-5-11/h6-9,11,29H,4-5,10H2,1-3H3,(H,21,26)(H,22,27). The number of aromatic nitrogens is 4. The van der Waals surface area contributed by atoms with E-state index in [2.05, 4.69) is 15.4 Å². The maximum atomic E-state index is 13.2. The molecule has 1 amide bonds. The molecule has 152 valence electrons. The van der Waals surface area contributed by atoms with Crippen molar-refractivity contribution < 1.29 is 15.0 Å². The summed E-state index contributed by atoms with van der Waals surface area (Å²) in [6, 6.07) is 3.05. The lowest BCUT2D eigenvalue weighted by Crippen LogP contribution is -2.37. The van der Waals surface area contributed by atoms with E-state index >= 15 is 0 Å². The molecule has 0 aliphatic heterocycles. The topological polar surface area (TPSA) is 122 Å². The van der Waals surface area contributed by atoms with Crippen LogP contribution in [0.3, 0.4) is 0 Å². The summed E-state index contributed by atoms with van der Waals surface area (Å²) < 4.78 is 2.60. The molecular weight excluding hydrogens is 374 g/mol. The fourth-order valence-electron chi connectivity index (χ4n) is 3.19. The molecule has 0 bridgehead atoms. The minimum absolute atomic E-state index is 0.0284. The number of rotatable bonds is 4. The van der Waals surface area contributed by atoms with Gasteiger partial charge in [-0.3, -0.25) is 19.1 Å². The van der Waals surface area contributed by atoms with Gasteiger partial charge in [0.2, 0.25) is 5.88 Å². The van der Waals surface area contributed by atoms with E-state index in [1.165, 1.54) is 23.0 Å². The van der Waals surface area contributed by atoms with Crippen LogP contribution in [0.2, 0.25) is 0 Å². The Balaban J connectivity index is 1.96. The molecule has 9 heteroatoms. The highest BCUT2D eigenvalue weighted by molar-refractivity contribution is 5.96. The summed E-state index contributed by atoms with van der Waals surface area (Å²) in [5, 5.41) is 28.0. The first-order valence-electron chi connectivity index (χ1n) is 9.45. The van der Waals surface area contributed by atoms with Crippen molar-refractivity contribution >= 4 is 11.6 Å². The molecule has 3 aromatic rings. The van der Waals surface area contributed by atoms with Gasteiger partial charge in [0, 0.05) is 31.0 Å². The largest absolute Gasteiger partial charge is 0.507 e. The third-order valence-corrected chi connectivity index (χ3v) is 4.70. The third kappa shape index (κ3) is 3.55. The van der Waals surface area contributed by atoms with E-state index in [0.717, 1.165) is 17.4 Å². The summed E-state index contributed by atoms with van der Waals surface area (Å²) in [6.45, 7) is 6.22. The number of hydrogen-bond donors (Lipinski definition) is 3. The molecule has 1 saturated carbocycles. The number of pyridine rings is 1. The van der Waals surface area contributed by atoms with Gasteiger partial charge in [0.1, 0.15) is 17.1 Å². The van der Waals surface area contributed by atoms with Crippen molar-refractivity contribution in [1.29, 1.82) is 0 Å². The monoisotopic (exact) mass is 397 g/mol. The fourth-order valence-corrected chi connectivity index (χ4v) is 3.19. The Hall–Kier alpha value is -3.36. The molecule has 1 aliphatic rings. The van der Waals surface area contributed by atoms with Gasteiger partial charge in [-0.25, -0.2) is 0 Å². The van der Waals surface area contributed by atoms with Crippen LogP contribution in [0.4, 0.5) is 0 Å². The van der Waals surface area contributed by atoms with Gasteiger partial charge >= 0.3 is 0 Å². The first-order valence-corrected chi connectivity index (χ1v) is 9.45. The van der Waals surface area contributed by atoms with Crippen LogP contribution in [0.1, 0.15) is 44.0 Å². The zero-order valence-electron chi connectivity index (χ0n) is 16.5. The van der Waals surface area contributed by atoms with Gasteiger partial charge in [-0.15, -0.1) is 0 Å². The molecule has 0 aromatic carbocycles. The molecule has 29 heavy (non-hydrogen) atoms. The van der Waals surface area contributed by atoms with Gasteiger partial charge in [-0.2, -0.15) is 9.61 Å². The molecule has 3 N–H and O–H groups in total. The normalized spacial score (nSPS) is 14.3. The highest BCUT2D eigenvalue weighted by Gasteiger charge is 2.30. The minimum atomic E-state index is -0.610. The van der Waals surface area contributed by atoms with E-state index in [0.29, 0.717) is 23.4 Å². The Bertz CT molecular complexity index is 1170. The average Bonchev–Trinajstić information content (AvgIpc) is 3.33. The molecule has 0 unspecified atom stereocenters. The Kier molecular flexibility index (Phi) is 4.33. The van der Waals surface area contributed by atoms with E-state index in [9.17, 15) is 19.8 Å². The van der Waals surface area contributed by atoms with Crippen molar-refractivity contribution in [3.63, 3.8) is 0 Å². The van der Waals surface area contributed by atoms with E-state index < -0.39 is 17.3 Å². The third-order valence-electron chi connectivity index (χ3n) is 4.70. The highest BCUT2D eigenvalue weighted by atomic mass is 16.3. The maximum Gasteiger partial charge on any atom is 0.270 e. The zero-order chi connectivity index (χ0) is 20.9. The second-order valence-corrected chi connectivity index (χ2v) is 8.59. The fraction of sp³-hybridized carbons (Fsp3) is 0.400. The van der Waals surface area contributed by atoms with Crippen LogP contribution in [0.15, 0.2) is 29.3 Å². The highest BCUT2D eigenvalue weighted by Crippen LogP contribution is 2.30.